The van der Waals surface area contributed by atoms with Gasteiger partial charge in [-0.15, -0.1) is 0 Å². The highest BCUT2D eigenvalue weighted by Gasteiger charge is 2.31. The van der Waals surface area contributed by atoms with Gasteiger partial charge in [0.25, 0.3) is 0 Å². The number of carbonyl (C=O) groups is 2. The van der Waals surface area contributed by atoms with Gasteiger partial charge in [-0.3, -0.25) is 14.5 Å². The van der Waals surface area contributed by atoms with Crippen molar-refractivity contribution in [3.8, 4) is 0 Å². The summed E-state index contributed by atoms with van der Waals surface area (Å²) in [6.45, 7) is 6.11. The molecule has 0 atom stereocenters. The summed E-state index contributed by atoms with van der Waals surface area (Å²) in [5, 5.41) is 0. The van der Waals surface area contributed by atoms with Crippen LogP contribution in [0.5, 0.6) is 0 Å². The summed E-state index contributed by atoms with van der Waals surface area (Å²) in [5.41, 5.74) is 3.69. The molecule has 0 unspecified atom stereocenters. The summed E-state index contributed by atoms with van der Waals surface area (Å²) < 4.78 is 0. The fourth-order valence-corrected chi connectivity index (χ4v) is 2.64. The minimum absolute atomic E-state index is 0.0178. The standard InChI is InChI=1S/C14H15NO2/c1-8(2)15-6-9-3-11-12(4-10(9)7-15)14(17)5-13(11)16/h3-4,8H,5-7H2,1-2H3. The van der Waals surface area contributed by atoms with Crippen LogP contribution >= 0.6 is 0 Å². The van der Waals surface area contributed by atoms with Crippen molar-refractivity contribution in [3.05, 3.63) is 34.4 Å². The van der Waals surface area contributed by atoms with E-state index in [1.807, 2.05) is 12.1 Å². The fourth-order valence-electron chi connectivity index (χ4n) is 2.64. The second kappa shape index (κ2) is 3.50. The van der Waals surface area contributed by atoms with E-state index in [0.717, 1.165) is 13.1 Å². The number of hydrogen-bond donors (Lipinski definition) is 0. The molecule has 0 saturated carbocycles. The van der Waals surface area contributed by atoms with Crippen molar-refractivity contribution in [2.24, 2.45) is 0 Å². The van der Waals surface area contributed by atoms with Crippen molar-refractivity contribution in [3.63, 3.8) is 0 Å². The van der Waals surface area contributed by atoms with Crippen molar-refractivity contribution in [2.75, 3.05) is 0 Å². The van der Waals surface area contributed by atoms with Crippen LogP contribution in [0.2, 0.25) is 0 Å². The Morgan fingerprint density at radius 1 is 1.00 bits per heavy atom. The first kappa shape index (κ1) is 10.7. The third kappa shape index (κ3) is 1.53. The van der Waals surface area contributed by atoms with Gasteiger partial charge in [-0.2, -0.15) is 0 Å². The normalized spacial score (nSPS) is 19.0. The molecule has 1 aliphatic heterocycles. The zero-order valence-electron chi connectivity index (χ0n) is 10.1. The number of carbonyl (C=O) groups excluding carboxylic acids is 2. The smallest absolute Gasteiger partial charge is 0.171 e. The lowest BCUT2D eigenvalue weighted by Gasteiger charge is -2.18. The van der Waals surface area contributed by atoms with E-state index in [2.05, 4.69) is 18.7 Å². The molecule has 0 saturated heterocycles. The summed E-state index contributed by atoms with van der Waals surface area (Å²) in [7, 11) is 0. The summed E-state index contributed by atoms with van der Waals surface area (Å²) in [6, 6.07) is 4.35. The van der Waals surface area contributed by atoms with Gasteiger partial charge < -0.3 is 0 Å². The lowest BCUT2D eigenvalue weighted by molar-refractivity contribution is 0.0923. The minimum Gasteiger partial charge on any atom is -0.294 e. The lowest BCUT2D eigenvalue weighted by Crippen LogP contribution is -2.24. The van der Waals surface area contributed by atoms with Crippen molar-refractivity contribution in [2.45, 2.75) is 39.4 Å². The predicted octanol–water partition coefficient (Wildman–Crippen LogP) is 2.18. The third-order valence-electron chi connectivity index (χ3n) is 3.74. The molecule has 1 aliphatic carbocycles. The van der Waals surface area contributed by atoms with E-state index in [4.69, 9.17) is 0 Å². The molecule has 2 aliphatic rings. The molecule has 0 aromatic heterocycles. The van der Waals surface area contributed by atoms with Crippen LogP contribution < -0.4 is 0 Å². The van der Waals surface area contributed by atoms with Crippen LogP contribution in [-0.4, -0.2) is 22.5 Å². The lowest BCUT2D eigenvalue weighted by atomic mass is 10.0. The van der Waals surface area contributed by atoms with Crippen molar-refractivity contribution >= 4 is 11.6 Å². The van der Waals surface area contributed by atoms with Crippen LogP contribution in [0.1, 0.15) is 52.1 Å². The van der Waals surface area contributed by atoms with Crippen LogP contribution in [0.4, 0.5) is 0 Å². The summed E-state index contributed by atoms with van der Waals surface area (Å²) in [4.78, 5) is 25.7. The predicted molar refractivity (Wildman–Crippen MR) is 64.1 cm³/mol. The van der Waals surface area contributed by atoms with E-state index in [-0.39, 0.29) is 18.0 Å². The largest absolute Gasteiger partial charge is 0.294 e. The first-order valence-electron chi connectivity index (χ1n) is 6.02. The van der Waals surface area contributed by atoms with E-state index in [9.17, 15) is 9.59 Å². The number of Topliss-reactive ketones (excluding diaryl/α,β-unsaturated/α-hetero) is 2. The van der Waals surface area contributed by atoms with Gasteiger partial charge in [0.1, 0.15) is 0 Å². The molecular formula is C14H15NO2. The number of benzene rings is 1. The molecule has 0 radical (unpaired) electrons. The Labute approximate surface area is 100 Å². The summed E-state index contributed by atoms with van der Waals surface area (Å²) in [6.07, 6.45) is 0.0616. The summed E-state index contributed by atoms with van der Waals surface area (Å²) >= 11 is 0. The average molecular weight is 229 g/mol. The number of ketones is 2. The second-order valence-corrected chi connectivity index (χ2v) is 5.19. The summed E-state index contributed by atoms with van der Waals surface area (Å²) in [5.74, 6) is -0.0356. The maximum atomic E-state index is 11.7. The van der Waals surface area contributed by atoms with Gasteiger partial charge in [-0.05, 0) is 37.1 Å². The Morgan fingerprint density at radius 3 is 1.88 bits per heavy atom. The van der Waals surface area contributed by atoms with E-state index in [0.29, 0.717) is 17.2 Å². The van der Waals surface area contributed by atoms with Crippen LogP contribution in [0.3, 0.4) is 0 Å². The van der Waals surface area contributed by atoms with Crippen molar-refractivity contribution in [1.29, 1.82) is 0 Å². The number of fused-ring (bicyclic) bond motifs is 2. The molecular weight excluding hydrogens is 214 g/mol. The first-order chi connectivity index (χ1) is 8.06. The minimum atomic E-state index is -0.0178. The van der Waals surface area contributed by atoms with Crippen LogP contribution in [-0.2, 0) is 13.1 Å². The maximum absolute atomic E-state index is 11.7. The molecule has 0 fully saturated rings. The van der Waals surface area contributed by atoms with E-state index in [1.165, 1.54) is 11.1 Å². The van der Waals surface area contributed by atoms with Gasteiger partial charge in [0.2, 0.25) is 0 Å². The van der Waals surface area contributed by atoms with Gasteiger partial charge in [-0.1, -0.05) is 0 Å². The molecule has 3 heteroatoms. The quantitative estimate of drug-likeness (QED) is 0.693. The number of nitrogens with zero attached hydrogens (tertiary/aromatic N) is 1. The Balaban J connectivity index is 2.05. The monoisotopic (exact) mass is 229 g/mol. The molecule has 0 N–H and O–H groups in total. The second-order valence-electron chi connectivity index (χ2n) is 5.19. The topological polar surface area (TPSA) is 37.4 Å². The Morgan fingerprint density at radius 2 is 1.47 bits per heavy atom. The SMILES string of the molecule is CC(C)N1Cc2cc3c(cc2C1)C(=O)CC3=O. The van der Waals surface area contributed by atoms with Crippen molar-refractivity contribution in [1.82, 2.24) is 4.90 Å². The van der Waals surface area contributed by atoms with Crippen LogP contribution in [0, 0.1) is 0 Å². The Kier molecular flexibility index (Phi) is 2.20. The highest BCUT2D eigenvalue weighted by Crippen LogP contribution is 2.31. The van der Waals surface area contributed by atoms with Gasteiger partial charge in [0, 0.05) is 30.3 Å². The molecule has 1 aromatic carbocycles. The van der Waals surface area contributed by atoms with E-state index >= 15 is 0 Å². The van der Waals surface area contributed by atoms with E-state index < -0.39 is 0 Å². The average Bonchev–Trinajstić information content (AvgIpc) is 2.79. The number of rotatable bonds is 1. The fraction of sp³-hybridized carbons (Fsp3) is 0.429. The maximum Gasteiger partial charge on any atom is 0.171 e. The molecule has 0 amide bonds. The van der Waals surface area contributed by atoms with Gasteiger partial charge in [0.05, 0.1) is 6.42 Å². The molecule has 0 spiro atoms. The van der Waals surface area contributed by atoms with Crippen LogP contribution in [0.25, 0.3) is 0 Å². The third-order valence-corrected chi connectivity index (χ3v) is 3.74. The van der Waals surface area contributed by atoms with Gasteiger partial charge in [0.15, 0.2) is 11.6 Å². The molecule has 3 rings (SSSR count). The molecule has 0 bridgehead atoms. The zero-order chi connectivity index (χ0) is 12.2. The first-order valence-corrected chi connectivity index (χ1v) is 6.02. The van der Waals surface area contributed by atoms with Crippen molar-refractivity contribution < 1.29 is 9.59 Å². The highest BCUT2D eigenvalue weighted by molar-refractivity contribution is 6.24. The Bertz CT molecular complexity index is 488. The number of hydrogen-bond acceptors (Lipinski definition) is 3. The van der Waals surface area contributed by atoms with Crippen LogP contribution in [0.15, 0.2) is 12.1 Å². The Hall–Kier alpha value is -1.48. The molecule has 1 aromatic rings. The molecule has 3 nitrogen and oxygen atoms in total. The van der Waals surface area contributed by atoms with Gasteiger partial charge in [-0.25, -0.2) is 0 Å². The highest BCUT2D eigenvalue weighted by atomic mass is 16.2. The zero-order valence-corrected chi connectivity index (χ0v) is 10.1. The van der Waals surface area contributed by atoms with E-state index in [1.54, 1.807) is 0 Å². The van der Waals surface area contributed by atoms with Gasteiger partial charge >= 0.3 is 0 Å². The molecule has 88 valence electrons. The molecule has 17 heavy (non-hydrogen) atoms. The molecule has 1 heterocycles.